The summed E-state index contributed by atoms with van der Waals surface area (Å²) < 4.78 is 0. The first-order valence-electron chi connectivity index (χ1n) is 7.80. The summed E-state index contributed by atoms with van der Waals surface area (Å²) in [5.74, 6) is 0.295. The minimum absolute atomic E-state index is 0.117. The third-order valence-corrected chi connectivity index (χ3v) is 4.90. The van der Waals surface area contributed by atoms with Crippen LogP contribution in [0.5, 0.6) is 0 Å². The summed E-state index contributed by atoms with van der Waals surface area (Å²) in [7, 11) is 1.91. The maximum atomic E-state index is 12.1. The van der Waals surface area contributed by atoms with Crippen molar-refractivity contribution in [2.45, 2.75) is 25.4 Å². The van der Waals surface area contributed by atoms with Gasteiger partial charge in [-0.05, 0) is 25.0 Å². The van der Waals surface area contributed by atoms with Gasteiger partial charge in [0.25, 0.3) is 0 Å². The molecule has 3 heterocycles. The molecule has 2 atom stereocenters. The molecule has 2 fully saturated rings. The lowest BCUT2D eigenvalue weighted by molar-refractivity contribution is -0.131. The van der Waals surface area contributed by atoms with E-state index >= 15 is 0 Å². The first-order valence-corrected chi connectivity index (χ1v) is 7.80. The number of pyridine rings is 1. The van der Waals surface area contributed by atoms with Gasteiger partial charge >= 0.3 is 0 Å². The van der Waals surface area contributed by atoms with Crippen LogP contribution in [0.4, 0.5) is 0 Å². The smallest absolute Gasteiger partial charge is 0.239 e. The summed E-state index contributed by atoms with van der Waals surface area (Å²) in [5.41, 5.74) is 1.27. The van der Waals surface area contributed by atoms with Crippen LogP contribution in [0.1, 0.15) is 24.9 Å². The van der Waals surface area contributed by atoms with E-state index in [1.54, 1.807) is 0 Å². The molecule has 0 spiro atoms. The number of likely N-dealkylation sites (N-methyl/N-ethyl adjacent to an activating group) is 1. The van der Waals surface area contributed by atoms with Crippen molar-refractivity contribution in [1.82, 2.24) is 19.7 Å². The maximum Gasteiger partial charge on any atom is 0.239 e. The Hall–Kier alpha value is -1.46. The van der Waals surface area contributed by atoms with Crippen LogP contribution in [-0.2, 0) is 4.79 Å². The molecule has 0 bridgehead atoms. The van der Waals surface area contributed by atoms with Crippen molar-refractivity contribution in [3.63, 3.8) is 0 Å². The highest BCUT2D eigenvalue weighted by Gasteiger charge is 2.35. The second-order valence-electron chi connectivity index (χ2n) is 6.10. The lowest BCUT2D eigenvalue weighted by atomic mass is 10.1. The minimum Gasteiger partial charge on any atom is -0.344 e. The van der Waals surface area contributed by atoms with Crippen molar-refractivity contribution in [1.29, 1.82) is 0 Å². The van der Waals surface area contributed by atoms with E-state index in [1.807, 2.05) is 30.4 Å². The summed E-state index contributed by atoms with van der Waals surface area (Å²) in [6, 6.07) is 4.64. The summed E-state index contributed by atoms with van der Waals surface area (Å²) >= 11 is 0. The topological polar surface area (TPSA) is 39.7 Å². The Morgan fingerprint density at radius 3 is 2.57 bits per heavy atom. The average Bonchev–Trinajstić information content (AvgIpc) is 2.87. The van der Waals surface area contributed by atoms with Gasteiger partial charge in [0.15, 0.2) is 0 Å². The van der Waals surface area contributed by atoms with E-state index in [1.165, 1.54) is 5.56 Å². The van der Waals surface area contributed by atoms with Crippen LogP contribution in [0.15, 0.2) is 24.5 Å². The molecule has 3 rings (SSSR count). The molecule has 21 heavy (non-hydrogen) atoms. The zero-order chi connectivity index (χ0) is 14.8. The molecule has 1 aromatic heterocycles. The standard InChI is InChI=1S/C16H24N4O/c1-13(14-4-3-6-17-12-14)19-8-10-20(11-9-19)15-5-7-18(2)16(15)21/h3-4,6,12-13,15H,5,7-11H2,1-2H3/t13-,15+/m0/s1. The van der Waals surface area contributed by atoms with Crippen LogP contribution in [0.2, 0.25) is 0 Å². The molecule has 1 amide bonds. The van der Waals surface area contributed by atoms with Crippen molar-refractivity contribution >= 4 is 5.91 Å². The van der Waals surface area contributed by atoms with Gasteiger partial charge in [-0.2, -0.15) is 0 Å². The van der Waals surface area contributed by atoms with Gasteiger partial charge in [-0.3, -0.25) is 19.6 Å². The Bertz CT molecular complexity index is 484. The Balaban J connectivity index is 1.57. The van der Waals surface area contributed by atoms with Gasteiger partial charge in [0.05, 0.1) is 6.04 Å². The summed E-state index contributed by atoms with van der Waals surface area (Å²) in [6.45, 7) is 7.13. The Morgan fingerprint density at radius 2 is 2.00 bits per heavy atom. The number of carbonyl (C=O) groups excluding carboxylic acids is 1. The number of piperazine rings is 1. The van der Waals surface area contributed by atoms with Crippen molar-refractivity contribution in [2.75, 3.05) is 39.8 Å². The number of hydrogen-bond acceptors (Lipinski definition) is 4. The SMILES string of the molecule is C[C@@H](c1cccnc1)N1CCN([C@@H]2CCN(C)C2=O)CC1. The fourth-order valence-electron chi connectivity index (χ4n) is 3.41. The molecule has 0 radical (unpaired) electrons. The number of nitrogens with zero attached hydrogens (tertiary/aromatic N) is 4. The molecule has 0 unspecified atom stereocenters. The molecule has 5 nitrogen and oxygen atoms in total. The van der Waals surface area contributed by atoms with Gasteiger partial charge in [0.1, 0.15) is 0 Å². The molecule has 0 aromatic carbocycles. The lowest BCUT2D eigenvalue weighted by Crippen LogP contribution is -2.52. The van der Waals surface area contributed by atoms with Gasteiger partial charge in [-0.1, -0.05) is 6.07 Å². The van der Waals surface area contributed by atoms with E-state index in [9.17, 15) is 4.79 Å². The number of likely N-dealkylation sites (tertiary alicyclic amines) is 1. The first kappa shape index (κ1) is 14.5. The van der Waals surface area contributed by atoms with Crippen LogP contribution in [-0.4, -0.2) is 71.4 Å². The monoisotopic (exact) mass is 288 g/mol. The predicted octanol–water partition coefficient (Wildman–Crippen LogP) is 0.991. The molecular formula is C16H24N4O. The van der Waals surface area contributed by atoms with Crippen LogP contribution in [0.25, 0.3) is 0 Å². The van der Waals surface area contributed by atoms with Gasteiger partial charge < -0.3 is 4.90 Å². The Kier molecular flexibility index (Phi) is 4.22. The minimum atomic E-state index is 0.117. The molecule has 2 aliphatic heterocycles. The number of hydrogen-bond donors (Lipinski definition) is 0. The van der Waals surface area contributed by atoms with Crippen molar-refractivity contribution < 1.29 is 4.79 Å². The molecule has 5 heteroatoms. The van der Waals surface area contributed by atoms with Crippen LogP contribution in [0.3, 0.4) is 0 Å². The summed E-state index contributed by atoms with van der Waals surface area (Å²) in [6.07, 6.45) is 4.75. The molecule has 0 saturated carbocycles. The quantitative estimate of drug-likeness (QED) is 0.831. The van der Waals surface area contributed by atoms with E-state index in [0.29, 0.717) is 11.9 Å². The number of aromatic nitrogens is 1. The third-order valence-electron chi connectivity index (χ3n) is 4.90. The molecule has 0 aliphatic carbocycles. The first-order chi connectivity index (χ1) is 10.2. The third kappa shape index (κ3) is 2.94. The van der Waals surface area contributed by atoms with Crippen molar-refractivity contribution in [3.05, 3.63) is 30.1 Å². The van der Waals surface area contributed by atoms with Gasteiger partial charge in [-0.15, -0.1) is 0 Å². The second kappa shape index (κ2) is 6.12. The summed E-state index contributed by atoms with van der Waals surface area (Å²) in [4.78, 5) is 23.0. The average molecular weight is 288 g/mol. The van der Waals surface area contributed by atoms with E-state index < -0.39 is 0 Å². The molecule has 0 N–H and O–H groups in total. The lowest BCUT2D eigenvalue weighted by Gasteiger charge is -2.40. The number of amides is 1. The largest absolute Gasteiger partial charge is 0.344 e. The van der Waals surface area contributed by atoms with Crippen LogP contribution < -0.4 is 0 Å². The van der Waals surface area contributed by atoms with Crippen LogP contribution >= 0.6 is 0 Å². The molecule has 2 saturated heterocycles. The highest BCUT2D eigenvalue weighted by molar-refractivity contribution is 5.83. The van der Waals surface area contributed by atoms with E-state index in [2.05, 4.69) is 27.8 Å². The van der Waals surface area contributed by atoms with E-state index in [-0.39, 0.29) is 6.04 Å². The van der Waals surface area contributed by atoms with Crippen molar-refractivity contribution in [3.8, 4) is 0 Å². The van der Waals surface area contributed by atoms with Gasteiger partial charge in [0, 0.05) is 58.2 Å². The highest BCUT2D eigenvalue weighted by atomic mass is 16.2. The second-order valence-corrected chi connectivity index (χ2v) is 6.10. The normalized spacial score (nSPS) is 26.3. The van der Waals surface area contributed by atoms with E-state index in [4.69, 9.17) is 0 Å². The van der Waals surface area contributed by atoms with E-state index in [0.717, 1.165) is 39.1 Å². The molecule has 114 valence electrons. The summed E-state index contributed by atoms with van der Waals surface area (Å²) in [5, 5.41) is 0. The van der Waals surface area contributed by atoms with Gasteiger partial charge in [0.2, 0.25) is 5.91 Å². The zero-order valence-corrected chi connectivity index (χ0v) is 12.9. The molecule has 2 aliphatic rings. The molecular weight excluding hydrogens is 264 g/mol. The van der Waals surface area contributed by atoms with Crippen LogP contribution in [0, 0.1) is 0 Å². The zero-order valence-electron chi connectivity index (χ0n) is 12.9. The molecule has 1 aromatic rings. The fraction of sp³-hybridized carbons (Fsp3) is 0.625. The Morgan fingerprint density at radius 1 is 1.24 bits per heavy atom. The maximum absolute atomic E-state index is 12.1. The van der Waals surface area contributed by atoms with Crippen molar-refractivity contribution in [2.24, 2.45) is 0 Å². The van der Waals surface area contributed by atoms with Gasteiger partial charge in [-0.25, -0.2) is 0 Å². The highest BCUT2D eigenvalue weighted by Crippen LogP contribution is 2.23. The number of rotatable bonds is 3. The number of carbonyl (C=O) groups is 1. The Labute approximate surface area is 126 Å². The predicted molar refractivity (Wildman–Crippen MR) is 81.8 cm³/mol. The fourth-order valence-corrected chi connectivity index (χ4v) is 3.41.